The number of hydrogen-bond donors (Lipinski definition) is 5. The number of thioether (sulfide) groups is 2. The Labute approximate surface area is 214 Å². The summed E-state index contributed by atoms with van der Waals surface area (Å²) in [5.74, 6) is -1.84. The van der Waals surface area contributed by atoms with Crippen LogP contribution >= 0.6 is 34.9 Å². The highest BCUT2D eigenvalue weighted by Crippen LogP contribution is 2.41. The first-order valence-corrected chi connectivity index (χ1v) is 12.9. The number of fused-ring (bicyclic) bond motifs is 1. The molecule has 0 bridgehead atoms. The van der Waals surface area contributed by atoms with Gasteiger partial charge in [-0.1, -0.05) is 16.9 Å². The number of aryl methyl sites for hydroxylation is 1. The number of thiazole rings is 1. The molecular weight excluding hydrogens is 536 g/mol. The number of amides is 3. The molecule has 2 aromatic rings. The van der Waals surface area contributed by atoms with Gasteiger partial charge in [0.1, 0.15) is 17.1 Å². The highest BCUT2D eigenvalue weighted by Gasteiger charge is 2.54. The molecule has 2 aromatic heterocycles. The van der Waals surface area contributed by atoms with E-state index in [1.54, 1.807) is 6.92 Å². The van der Waals surface area contributed by atoms with Crippen molar-refractivity contribution in [2.45, 2.75) is 23.6 Å². The molecule has 190 valence electrons. The van der Waals surface area contributed by atoms with Gasteiger partial charge in [-0.15, -0.1) is 33.3 Å². The van der Waals surface area contributed by atoms with E-state index in [-0.39, 0.29) is 32.9 Å². The number of aromatic nitrogens is 3. The van der Waals surface area contributed by atoms with Gasteiger partial charge in [0.05, 0.1) is 5.69 Å². The number of rotatable bonds is 8. The van der Waals surface area contributed by atoms with Crippen LogP contribution in [0.2, 0.25) is 0 Å². The molecule has 0 aliphatic carbocycles. The fourth-order valence-corrected chi connectivity index (χ4v) is 6.11. The van der Waals surface area contributed by atoms with Crippen LogP contribution in [0, 0.1) is 12.3 Å². The lowest BCUT2D eigenvalue weighted by molar-refractivity contribution is -0.150. The second-order valence-electron chi connectivity index (χ2n) is 7.17. The number of carbonyl (C=O) groups excluding carboxylic acids is 3. The molecule has 2 aliphatic rings. The number of nitrogens with one attached hydrogen (secondary N) is 4. The van der Waals surface area contributed by atoms with Gasteiger partial charge in [-0.3, -0.25) is 24.7 Å². The minimum absolute atomic E-state index is 0.0245. The van der Waals surface area contributed by atoms with Crippen LogP contribution in [0.4, 0.5) is 4.79 Å². The highest BCUT2D eigenvalue weighted by molar-refractivity contribution is 8.01. The number of β-lactam (4-membered cyclic amide) rings is 1. The molecule has 4 heterocycles. The Hall–Kier alpha value is -3.64. The molecule has 4 rings (SSSR count). The summed E-state index contributed by atoms with van der Waals surface area (Å²) in [6, 6.07) is -1.04. The van der Waals surface area contributed by atoms with Crippen molar-refractivity contribution >= 4 is 64.4 Å². The molecule has 2 aliphatic heterocycles. The maximum Gasteiger partial charge on any atom is 0.433 e. The van der Waals surface area contributed by atoms with Crippen molar-refractivity contribution in [1.82, 2.24) is 30.7 Å². The lowest BCUT2D eigenvalue weighted by Crippen LogP contribution is -2.71. The Bertz CT molecular complexity index is 1350. The molecule has 36 heavy (non-hydrogen) atoms. The van der Waals surface area contributed by atoms with Crippen molar-refractivity contribution in [1.29, 1.82) is 5.41 Å². The molecule has 2 atom stereocenters. The smallest absolute Gasteiger partial charge is 0.433 e. The number of hydrogen-bond acceptors (Lipinski definition) is 13. The van der Waals surface area contributed by atoms with E-state index in [9.17, 15) is 24.3 Å². The Morgan fingerprint density at radius 3 is 2.83 bits per heavy atom. The van der Waals surface area contributed by atoms with E-state index in [4.69, 9.17) is 9.83 Å². The van der Waals surface area contributed by atoms with Crippen molar-refractivity contribution in [2.24, 2.45) is 5.16 Å². The van der Waals surface area contributed by atoms with Crippen LogP contribution < -0.4 is 15.4 Å². The largest absolute Gasteiger partial charge is 0.477 e. The fraction of sp³-hybridized carbons (Fsp3) is 0.333. The van der Waals surface area contributed by atoms with E-state index in [0.29, 0.717) is 17.2 Å². The van der Waals surface area contributed by atoms with E-state index < -0.39 is 35.3 Å². The zero-order valence-corrected chi connectivity index (χ0v) is 21.0. The number of oxime groups is 1. The molecule has 18 heteroatoms. The number of aromatic amines is 1. The maximum atomic E-state index is 13.0. The summed E-state index contributed by atoms with van der Waals surface area (Å²) < 4.78 is 5.29. The average Bonchev–Trinajstić information content (AvgIpc) is 3.47. The molecule has 5 N–H and O–H groups in total. The van der Waals surface area contributed by atoms with Gasteiger partial charge >= 0.3 is 12.1 Å². The summed E-state index contributed by atoms with van der Waals surface area (Å²) >= 11 is 3.43. The van der Waals surface area contributed by atoms with Gasteiger partial charge in [0, 0.05) is 30.9 Å². The number of nitrogens with zero attached hydrogens (tertiary/aromatic N) is 4. The minimum atomic E-state index is -1.27. The topological polar surface area (TPSA) is 216 Å². The number of carbonyl (C=O) groups is 4. The van der Waals surface area contributed by atoms with Crippen molar-refractivity contribution in [2.75, 3.05) is 18.6 Å². The normalized spacial score (nSPS) is 19.4. The van der Waals surface area contributed by atoms with Gasteiger partial charge in [-0.25, -0.2) is 9.59 Å². The minimum Gasteiger partial charge on any atom is -0.477 e. The van der Waals surface area contributed by atoms with Gasteiger partial charge in [0.25, 0.3) is 17.0 Å². The number of aliphatic carboxylic acids is 1. The summed E-state index contributed by atoms with van der Waals surface area (Å²) in [6.45, 7) is 1.64. The molecule has 0 saturated carbocycles. The Balaban J connectivity index is 1.50. The molecule has 1 saturated heterocycles. The first kappa shape index (κ1) is 25.5. The summed E-state index contributed by atoms with van der Waals surface area (Å²) in [4.78, 5) is 57.7. The Kier molecular flexibility index (Phi) is 7.45. The van der Waals surface area contributed by atoms with Crippen molar-refractivity contribution in [3.8, 4) is 0 Å². The maximum absolute atomic E-state index is 13.0. The van der Waals surface area contributed by atoms with Gasteiger partial charge < -0.3 is 25.1 Å². The Morgan fingerprint density at radius 2 is 2.22 bits per heavy atom. The summed E-state index contributed by atoms with van der Waals surface area (Å²) in [5, 5.41) is 34.3. The molecular formula is C18H18N8O7S3. The van der Waals surface area contributed by atoms with Crippen molar-refractivity contribution in [3.05, 3.63) is 33.0 Å². The number of carboxylic acids is 1. The average molecular weight is 555 g/mol. The lowest BCUT2D eigenvalue weighted by Gasteiger charge is -2.49. The van der Waals surface area contributed by atoms with Crippen LogP contribution in [0.15, 0.2) is 31.4 Å². The second-order valence-corrected chi connectivity index (χ2v) is 10.1. The molecule has 0 aromatic carbocycles. The third-order valence-electron chi connectivity index (χ3n) is 4.85. The van der Waals surface area contributed by atoms with Gasteiger partial charge in [-0.2, -0.15) is 0 Å². The van der Waals surface area contributed by atoms with Crippen LogP contribution in [-0.2, 0) is 19.2 Å². The lowest BCUT2D eigenvalue weighted by atomic mass is 10.0. The molecule has 15 nitrogen and oxygen atoms in total. The predicted octanol–water partition coefficient (Wildman–Crippen LogP) is -0.162. The highest BCUT2D eigenvalue weighted by atomic mass is 32.2. The molecule has 0 radical (unpaired) electrons. The van der Waals surface area contributed by atoms with E-state index in [1.165, 1.54) is 24.2 Å². The predicted molar refractivity (Wildman–Crippen MR) is 126 cm³/mol. The van der Waals surface area contributed by atoms with E-state index in [2.05, 4.69) is 35.8 Å². The first-order chi connectivity index (χ1) is 17.2. The first-order valence-electron chi connectivity index (χ1n) is 10.0. The second kappa shape index (κ2) is 10.5. The summed E-state index contributed by atoms with van der Waals surface area (Å²) in [5.41, 5.74) is 0.0917. The van der Waals surface area contributed by atoms with Gasteiger partial charge in [-0.05, 0) is 5.57 Å². The van der Waals surface area contributed by atoms with Crippen LogP contribution in [0.5, 0.6) is 0 Å². The van der Waals surface area contributed by atoms with Gasteiger partial charge in [0.15, 0.2) is 10.5 Å². The summed E-state index contributed by atoms with van der Waals surface area (Å²) in [6.07, 6.45) is -0.923. The standard InChI is InChI=1S/C18H18N8O7S3/c1-6-23-24-18(32-6)36-4-7-3-34-14-10(13(28)26(14)11(7)15(29)30)22-12(27)9(25-33-17(31)20-2)8-5-35-16(19)21-8/h5,10,14H,3-4H2,1-2H3,(H2,19,21)(H,20,31)(H,22,27)(H,29,30)/t10?,14-/m0/s1. The van der Waals surface area contributed by atoms with Crippen molar-refractivity contribution < 1.29 is 33.5 Å². The third kappa shape index (κ3) is 5.14. The molecule has 1 unspecified atom stereocenters. The Morgan fingerprint density at radius 1 is 1.44 bits per heavy atom. The number of carboxylic acid groups (broad SMARTS) is 1. The number of H-pyrrole nitrogens is 1. The molecule has 3 amide bonds. The van der Waals surface area contributed by atoms with E-state index >= 15 is 0 Å². The SMILES string of the molecule is CNC(=O)ON=C(C(=O)NC1C(=O)N2C(C(=O)O)=C(CSc3nnc(C)o3)CS[C@@H]12)c1csc(=N)[nH]1. The van der Waals surface area contributed by atoms with Crippen LogP contribution in [0.25, 0.3) is 0 Å². The van der Waals surface area contributed by atoms with Crippen LogP contribution in [0.1, 0.15) is 11.6 Å². The molecule has 0 spiro atoms. The summed E-state index contributed by atoms with van der Waals surface area (Å²) in [7, 11) is 1.31. The fourth-order valence-electron chi connectivity index (χ4n) is 3.25. The monoisotopic (exact) mass is 554 g/mol. The third-order valence-corrected chi connectivity index (χ3v) is 7.79. The van der Waals surface area contributed by atoms with E-state index in [0.717, 1.165) is 28.0 Å². The molecule has 1 fully saturated rings. The quantitative estimate of drug-likeness (QED) is 0.0949. The zero-order valence-electron chi connectivity index (χ0n) is 18.6. The van der Waals surface area contributed by atoms with E-state index in [1.807, 2.05) is 0 Å². The van der Waals surface area contributed by atoms with Crippen LogP contribution in [-0.4, -0.2) is 84.7 Å². The van der Waals surface area contributed by atoms with Gasteiger partial charge in [0.2, 0.25) is 5.89 Å². The van der Waals surface area contributed by atoms with Crippen molar-refractivity contribution in [3.63, 3.8) is 0 Å². The van der Waals surface area contributed by atoms with Crippen LogP contribution in [0.3, 0.4) is 0 Å². The zero-order chi connectivity index (χ0) is 26.0.